The van der Waals surface area contributed by atoms with Crippen LogP contribution in [0.1, 0.15) is 11.1 Å². The van der Waals surface area contributed by atoms with Crippen LogP contribution in [0, 0.1) is 24.0 Å². The summed E-state index contributed by atoms with van der Waals surface area (Å²) in [5.41, 5.74) is -1.10. The molecule has 0 bridgehead atoms. The number of hydrogen-bond acceptors (Lipinski definition) is 3. The lowest BCUT2D eigenvalue weighted by atomic mass is 10.1. The summed E-state index contributed by atoms with van der Waals surface area (Å²) in [7, 11) is 1.11. The summed E-state index contributed by atoms with van der Waals surface area (Å²) in [6.07, 6.45) is -0.420. The van der Waals surface area contributed by atoms with Crippen LogP contribution in [0.4, 0.5) is 38.1 Å². The first-order valence-corrected chi connectivity index (χ1v) is 7.84. The van der Waals surface area contributed by atoms with Crippen molar-refractivity contribution in [2.24, 2.45) is 0 Å². The van der Waals surface area contributed by atoms with E-state index in [1.807, 2.05) is 0 Å². The van der Waals surface area contributed by atoms with E-state index >= 15 is 0 Å². The molecule has 0 heterocycles. The standard InChI is InChI=1S/C19H15F5N2O2/c1-3-8-26(11-12-4-6-15(20)14(9-12)19(22,23)24)13-5-7-16(21)17(10-13)25-18(27)28-2/h1,4-7,9-10H,8,11H2,2H3,(H,25,27). The highest BCUT2D eigenvalue weighted by molar-refractivity contribution is 5.85. The van der Waals surface area contributed by atoms with E-state index in [0.717, 1.165) is 19.2 Å². The monoisotopic (exact) mass is 398 g/mol. The Bertz CT molecular complexity index is 906. The topological polar surface area (TPSA) is 41.6 Å². The van der Waals surface area contributed by atoms with Crippen molar-refractivity contribution < 1.29 is 31.5 Å². The smallest absolute Gasteiger partial charge is 0.419 e. The van der Waals surface area contributed by atoms with Gasteiger partial charge in [0.15, 0.2) is 0 Å². The van der Waals surface area contributed by atoms with Crippen molar-refractivity contribution in [3.05, 3.63) is 59.2 Å². The number of nitrogens with zero attached hydrogens (tertiary/aromatic N) is 1. The quantitative estimate of drug-likeness (QED) is 0.581. The van der Waals surface area contributed by atoms with Crippen LogP contribution in [0.5, 0.6) is 0 Å². The van der Waals surface area contributed by atoms with E-state index in [4.69, 9.17) is 6.42 Å². The van der Waals surface area contributed by atoms with Crippen molar-refractivity contribution in [2.45, 2.75) is 12.7 Å². The molecule has 2 rings (SSSR count). The molecule has 0 fully saturated rings. The summed E-state index contributed by atoms with van der Waals surface area (Å²) in [5.74, 6) is 0.230. The lowest BCUT2D eigenvalue weighted by molar-refractivity contribution is -0.140. The van der Waals surface area contributed by atoms with Crippen LogP contribution in [-0.4, -0.2) is 19.7 Å². The highest BCUT2D eigenvalue weighted by atomic mass is 19.4. The number of rotatable bonds is 5. The molecule has 0 radical (unpaired) electrons. The molecule has 2 aromatic carbocycles. The van der Waals surface area contributed by atoms with Gasteiger partial charge in [-0.3, -0.25) is 5.32 Å². The third kappa shape index (κ3) is 5.13. The second kappa shape index (κ2) is 8.61. The summed E-state index contributed by atoms with van der Waals surface area (Å²) in [5, 5.41) is 2.18. The normalized spacial score (nSPS) is 10.9. The highest BCUT2D eigenvalue weighted by Gasteiger charge is 2.34. The summed E-state index contributed by atoms with van der Waals surface area (Å²) in [4.78, 5) is 12.8. The van der Waals surface area contributed by atoms with Crippen molar-refractivity contribution >= 4 is 17.5 Å². The molecular formula is C19H15F5N2O2. The molecule has 0 aliphatic heterocycles. The third-order valence-corrected chi connectivity index (χ3v) is 3.73. The molecule has 0 spiro atoms. The predicted molar refractivity (Wildman–Crippen MR) is 93.7 cm³/mol. The van der Waals surface area contributed by atoms with E-state index in [-0.39, 0.29) is 24.3 Å². The molecule has 0 aromatic heterocycles. The Morgan fingerprint density at radius 2 is 1.86 bits per heavy atom. The first-order chi connectivity index (χ1) is 13.2. The average molecular weight is 398 g/mol. The Labute approximate surface area is 157 Å². The van der Waals surface area contributed by atoms with E-state index < -0.39 is 29.5 Å². The fraction of sp³-hybridized carbons (Fsp3) is 0.211. The van der Waals surface area contributed by atoms with E-state index in [1.165, 1.54) is 23.1 Å². The largest absolute Gasteiger partial charge is 0.453 e. The van der Waals surface area contributed by atoms with E-state index in [0.29, 0.717) is 11.8 Å². The van der Waals surface area contributed by atoms with Gasteiger partial charge in [-0.25, -0.2) is 13.6 Å². The summed E-state index contributed by atoms with van der Waals surface area (Å²) >= 11 is 0. The van der Waals surface area contributed by atoms with Gasteiger partial charge in [-0.2, -0.15) is 13.2 Å². The number of alkyl halides is 3. The first-order valence-electron chi connectivity index (χ1n) is 7.84. The Kier molecular flexibility index (Phi) is 6.46. The molecular weight excluding hydrogens is 383 g/mol. The summed E-state index contributed by atoms with van der Waals surface area (Å²) < 4.78 is 70.5. The molecule has 0 aliphatic rings. The van der Waals surface area contributed by atoms with Gasteiger partial charge in [-0.15, -0.1) is 6.42 Å². The van der Waals surface area contributed by atoms with Gasteiger partial charge < -0.3 is 9.64 Å². The maximum Gasteiger partial charge on any atom is 0.419 e. The van der Waals surface area contributed by atoms with Crippen LogP contribution >= 0.6 is 0 Å². The third-order valence-electron chi connectivity index (χ3n) is 3.73. The Hall–Kier alpha value is -3.28. The molecule has 4 nitrogen and oxygen atoms in total. The number of nitrogens with one attached hydrogen (secondary N) is 1. The zero-order chi connectivity index (χ0) is 20.9. The van der Waals surface area contributed by atoms with Crippen LogP contribution in [0.2, 0.25) is 0 Å². The SMILES string of the molecule is C#CCN(Cc1ccc(F)c(C(F)(F)F)c1)c1ccc(F)c(NC(=O)OC)c1. The number of anilines is 2. The van der Waals surface area contributed by atoms with Gasteiger partial charge in [0.25, 0.3) is 0 Å². The highest BCUT2D eigenvalue weighted by Crippen LogP contribution is 2.32. The zero-order valence-electron chi connectivity index (χ0n) is 14.6. The van der Waals surface area contributed by atoms with E-state index in [9.17, 15) is 26.7 Å². The van der Waals surface area contributed by atoms with Gasteiger partial charge in [0.05, 0.1) is 24.9 Å². The molecule has 2 aromatic rings. The van der Waals surface area contributed by atoms with Gasteiger partial charge in [0, 0.05) is 12.2 Å². The fourth-order valence-electron chi connectivity index (χ4n) is 2.42. The molecule has 0 aliphatic carbocycles. The number of ether oxygens (including phenoxy) is 1. The number of carbonyl (C=O) groups excluding carboxylic acids is 1. The van der Waals surface area contributed by atoms with Crippen LogP contribution in [0.15, 0.2) is 36.4 Å². The van der Waals surface area contributed by atoms with Crippen LogP contribution in [0.25, 0.3) is 0 Å². The molecule has 28 heavy (non-hydrogen) atoms. The number of methoxy groups -OCH3 is 1. The minimum atomic E-state index is -4.84. The molecule has 1 N–H and O–H groups in total. The van der Waals surface area contributed by atoms with Crippen molar-refractivity contribution in [3.8, 4) is 12.3 Å². The number of terminal acetylenes is 1. The molecule has 0 atom stereocenters. The maximum atomic E-state index is 13.9. The lowest BCUT2D eigenvalue weighted by Crippen LogP contribution is -2.24. The molecule has 148 valence electrons. The minimum absolute atomic E-state index is 0.0258. The Morgan fingerprint density at radius 1 is 1.18 bits per heavy atom. The van der Waals surface area contributed by atoms with Gasteiger partial charge in [0.1, 0.15) is 11.6 Å². The van der Waals surface area contributed by atoms with Crippen LogP contribution in [-0.2, 0) is 17.5 Å². The van der Waals surface area contributed by atoms with Crippen LogP contribution < -0.4 is 10.2 Å². The lowest BCUT2D eigenvalue weighted by Gasteiger charge is -2.24. The van der Waals surface area contributed by atoms with Gasteiger partial charge in [-0.1, -0.05) is 12.0 Å². The second-order valence-electron chi connectivity index (χ2n) is 5.65. The number of benzene rings is 2. The van der Waals surface area contributed by atoms with Crippen molar-refractivity contribution in [2.75, 3.05) is 23.9 Å². The average Bonchev–Trinajstić information content (AvgIpc) is 2.63. The number of amides is 1. The molecule has 0 saturated heterocycles. The van der Waals surface area contributed by atoms with Gasteiger partial charge in [-0.05, 0) is 35.9 Å². The van der Waals surface area contributed by atoms with Gasteiger partial charge >= 0.3 is 12.3 Å². The van der Waals surface area contributed by atoms with Crippen molar-refractivity contribution in [1.29, 1.82) is 0 Å². The second-order valence-corrected chi connectivity index (χ2v) is 5.65. The number of carbonyl (C=O) groups is 1. The van der Waals surface area contributed by atoms with E-state index in [2.05, 4.69) is 16.0 Å². The fourth-order valence-corrected chi connectivity index (χ4v) is 2.42. The van der Waals surface area contributed by atoms with Crippen molar-refractivity contribution in [1.82, 2.24) is 0 Å². The van der Waals surface area contributed by atoms with Crippen molar-refractivity contribution in [3.63, 3.8) is 0 Å². The van der Waals surface area contributed by atoms with Gasteiger partial charge in [0.2, 0.25) is 0 Å². The number of hydrogen-bond donors (Lipinski definition) is 1. The number of halogens is 5. The summed E-state index contributed by atoms with van der Waals surface area (Å²) in [6.45, 7) is -0.126. The molecule has 0 saturated carbocycles. The molecule has 0 unspecified atom stereocenters. The molecule has 9 heteroatoms. The molecule has 1 amide bonds. The zero-order valence-corrected chi connectivity index (χ0v) is 14.6. The summed E-state index contributed by atoms with van der Waals surface area (Å²) in [6, 6.07) is 6.29. The predicted octanol–water partition coefficient (Wildman–Crippen LogP) is 4.80. The Morgan fingerprint density at radius 3 is 2.46 bits per heavy atom. The first kappa shape index (κ1) is 21.0. The minimum Gasteiger partial charge on any atom is -0.453 e. The van der Waals surface area contributed by atoms with E-state index in [1.54, 1.807) is 0 Å². The Balaban J connectivity index is 2.36. The maximum absolute atomic E-state index is 13.9. The van der Waals surface area contributed by atoms with Crippen LogP contribution in [0.3, 0.4) is 0 Å².